The summed E-state index contributed by atoms with van der Waals surface area (Å²) in [6, 6.07) is 7.78. The number of rotatable bonds is 4. The summed E-state index contributed by atoms with van der Waals surface area (Å²) in [4.78, 5) is 37.9. The Kier molecular flexibility index (Phi) is 5.70. The van der Waals surface area contributed by atoms with Crippen LogP contribution in [0.5, 0.6) is 0 Å². The van der Waals surface area contributed by atoms with Crippen molar-refractivity contribution in [2.45, 2.75) is 40.0 Å². The van der Waals surface area contributed by atoms with Crippen LogP contribution in [-0.2, 0) is 9.59 Å². The predicted molar refractivity (Wildman–Crippen MR) is 118 cm³/mol. The fraction of sp³-hybridized carbons (Fsp3) is 0.478. The highest BCUT2D eigenvalue weighted by Crippen LogP contribution is 2.28. The second-order valence-electron chi connectivity index (χ2n) is 8.59. The highest BCUT2D eigenvalue weighted by atomic mass is 16.2. The van der Waals surface area contributed by atoms with E-state index in [-0.39, 0.29) is 18.2 Å². The number of hydrogen-bond donors (Lipinski definition) is 1. The van der Waals surface area contributed by atoms with Crippen LogP contribution >= 0.6 is 0 Å². The van der Waals surface area contributed by atoms with Gasteiger partial charge in [-0.15, -0.1) is 0 Å². The van der Waals surface area contributed by atoms with Gasteiger partial charge in [-0.1, -0.05) is 13.0 Å². The quantitative estimate of drug-likeness (QED) is 0.841. The minimum absolute atomic E-state index is 0.0239. The van der Waals surface area contributed by atoms with Crippen molar-refractivity contribution in [3.05, 3.63) is 41.7 Å². The van der Waals surface area contributed by atoms with Gasteiger partial charge in [0, 0.05) is 37.8 Å². The SMILES string of the molecule is Cc1ccc(N2CC(C(=O)Nc3cc(N4CCC(C)CC4)ncn3)CC2=O)cc1C. The van der Waals surface area contributed by atoms with Gasteiger partial charge in [0.25, 0.3) is 0 Å². The molecule has 7 heteroatoms. The van der Waals surface area contributed by atoms with Crippen molar-refractivity contribution in [2.24, 2.45) is 11.8 Å². The van der Waals surface area contributed by atoms with Crippen molar-refractivity contribution in [2.75, 3.05) is 34.8 Å². The van der Waals surface area contributed by atoms with Crippen molar-refractivity contribution in [1.82, 2.24) is 9.97 Å². The van der Waals surface area contributed by atoms with E-state index < -0.39 is 5.92 Å². The molecule has 2 aliphatic rings. The highest BCUT2D eigenvalue weighted by Gasteiger charge is 2.35. The zero-order valence-corrected chi connectivity index (χ0v) is 17.9. The number of aryl methyl sites for hydroxylation is 2. The highest BCUT2D eigenvalue weighted by molar-refractivity contribution is 6.03. The van der Waals surface area contributed by atoms with E-state index in [1.165, 1.54) is 11.9 Å². The average Bonchev–Trinajstić information content (AvgIpc) is 3.13. The van der Waals surface area contributed by atoms with Crippen LogP contribution in [-0.4, -0.2) is 41.4 Å². The van der Waals surface area contributed by atoms with Crippen molar-refractivity contribution in [1.29, 1.82) is 0 Å². The number of carbonyl (C=O) groups excluding carboxylic acids is 2. The van der Waals surface area contributed by atoms with Gasteiger partial charge in [0.2, 0.25) is 11.8 Å². The summed E-state index contributed by atoms with van der Waals surface area (Å²) in [5.41, 5.74) is 3.17. The lowest BCUT2D eigenvalue weighted by Gasteiger charge is -2.31. The smallest absolute Gasteiger partial charge is 0.230 e. The Morgan fingerprint density at radius 2 is 1.87 bits per heavy atom. The third kappa shape index (κ3) is 4.30. The lowest BCUT2D eigenvalue weighted by Crippen LogP contribution is -2.33. The fourth-order valence-electron chi connectivity index (χ4n) is 4.08. The van der Waals surface area contributed by atoms with E-state index >= 15 is 0 Å². The number of nitrogens with zero attached hydrogens (tertiary/aromatic N) is 4. The Bertz CT molecular complexity index is 952. The number of carbonyl (C=O) groups is 2. The first kappa shape index (κ1) is 20.3. The van der Waals surface area contributed by atoms with Crippen molar-refractivity contribution in [3.63, 3.8) is 0 Å². The normalized spacial score (nSPS) is 20.0. The molecule has 2 saturated heterocycles. The summed E-state index contributed by atoms with van der Waals surface area (Å²) in [6.07, 6.45) is 3.99. The fourth-order valence-corrected chi connectivity index (χ4v) is 4.08. The standard InChI is InChI=1S/C23H29N5O2/c1-15-6-8-27(9-7-15)21-12-20(24-14-25-21)26-23(30)18-11-22(29)28(13-18)19-5-4-16(2)17(3)10-19/h4-5,10,12,14-15,18H,6-9,11,13H2,1-3H3,(H,24,25,26,30). The largest absolute Gasteiger partial charge is 0.356 e. The molecule has 2 aromatic rings. The van der Waals surface area contributed by atoms with Crippen LogP contribution in [0, 0.1) is 25.7 Å². The van der Waals surface area contributed by atoms with E-state index in [1.807, 2.05) is 38.1 Å². The van der Waals surface area contributed by atoms with E-state index in [2.05, 4.69) is 27.1 Å². The van der Waals surface area contributed by atoms with Crippen LogP contribution in [0.15, 0.2) is 30.6 Å². The van der Waals surface area contributed by atoms with E-state index in [4.69, 9.17) is 0 Å². The first-order valence-corrected chi connectivity index (χ1v) is 10.7. The first-order valence-electron chi connectivity index (χ1n) is 10.7. The molecule has 4 rings (SSSR count). The number of aromatic nitrogens is 2. The molecule has 1 aromatic heterocycles. The van der Waals surface area contributed by atoms with Crippen LogP contribution in [0.1, 0.15) is 37.3 Å². The zero-order chi connectivity index (χ0) is 21.3. The Balaban J connectivity index is 1.41. The molecule has 1 atom stereocenters. The minimum Gasteiger partial charge on any atom is -0.356 e. The maximum atomic E-state index is 12.8. The number of hydrogen-bond acceptors (Lipinski definition) is 5. The summed E-state index contributed by atoms with van der Waals surface area (Å²) in [6.45, 7) is 8.66. The molecule has 0 bridgehead atoms. The maximum absolute atomic E-state index is 12.8. The Hall–Kier alpha value is -2.96. The van der Waals surface area contributed by atoms with Crippen LogP contribution in [0.25, 0.3) is 0 Å². The third-order valence-electron chi connectivity index (χ3n) is 6.31. The van der Waals surface area contributed by atoms with E-state index in [0.29, 0.717) is 12.4 Å². The Labute approximate surface area is 177 Å². The lowest BCUT2D eigenvalue weighted by atomic mass is 9.99. The van der Waals surface area contributed by atoms with Gasteiger partial charge in [0.05, 0.1) is 5.92 Å². The molecule has 1 N–H and O–H groups in total. The van der Waals surface area contributed by atoms with Crippen molar-refractivity contribution in [3.8, 4) is 0 Å². The number of nitrogens with one attached hydrogen (secondary N) is 1. The molecule has 7 nitrogen and oxygen atoms in total. The molecule has 0 aliphatic carbocycles. The van der Waals surface area contributed by atoms with Gasteiger partial charge >= 0.3 is 0 Å². The maximum Gasteiger partial charge on any atom is 0.230 e. The first-order chi connectivity index (χ1) is 14.4. The lowest BCUT2D eigenvalue weighted by molar-refractivity contribution is -0.122. The number of anilines is 3. The molecule has 3 heterocycles. The van der Waals surface area contributed by atoms with Gasteiger partial charge in [-0.05, 0) is 55.9 Å². The van der Waals surface area contributed by atoms with Crippen molar-refractivity contribution >= 4 is 29.1 Å². The molecule has 1 unspecified atom stereocenters. The molecule has 2 aliphatic heterocycles. The molecule has 30 heavy (non-hydrogen) atoms. The topological polar surface area (TPSA) is 78.4 Å². The molecular weight excluding hydrogens is 378 g/mol. The van der Waals surface area contributed by atoms with Gasteiger partial charge in [-0.3, -0.25) is 9.59 Å². The van der Waals surface area contributed by atoms with Gasteiger partial charge < -0.3 is 15.1 Å². The summed E-state index contributed by atoms with van der Waals surface area (Å²) < 4.78 is 0. The van der Waals surface area contributed by atoms with Gasteiger partial charge in [0.1, 0.15) is 18.0 Å². The number of benzene rings is 1. The van der Waals surface area contributed by atoms with Crippen molar-refractivity contribution < 1.29 is 9.59 Å². The number of piperidine rings is 1. The van der Waals surface area contributed by atoms with Crippen LogP contribution in [0.2, 0.25) is 0 Å². The Morgan fingerprint density at radius 3 is 2.60 bits per heavy atom. The van der Waals surface area contributed by atoms with Gasteiger partial charge in [-0.2, -0.15) is 0 Å². The molecular formula is C23H29N5O2. The summed E-state index contributed by atoms with van der Waals surface area (Å²) in [7, 11) is 0. The molecule has 1 aromatic carbocycles. The Morgan fingerprint density at radius 1 is 1.10 bits per heavy atom. The summed E-state index contributed by atoms with van der Waals surface area (Å²) >= 11 is 0. The third-order valence-corrected chi connectivity index (χ3v) is 6.31. The second kappa shape index (κ2) is 8.42. The monoisotopic (exact) mass is 407 g/mol. The second-order valence-corrected chi connectivity index (χ2v) is 8.59. The van der Waals surface area contributed by atoms with E-state index in [0.717, 1.165) is 48.9 Å². The van der Waals surface area contributed by atoms with Crippen LogP contribution in [0.3, 0.4) is 0 Å². The molecule has 0 radical (unpaired) electrons. The molecule has 158 valence electrons. The van der Waals surface area contributed by atoms with Crippen LogP contribution < -0.4 is 15.1 Å². The molecule has 0 saturated carbocycles. The minimum atomic E-state index is -0.395. The van der Waals surface area contributed by atoms with Crippen LogP contribution in [0.4, 0.5) is 17.3 Å². The predicted octanol–water partition coefficient (Wildman–Crippen LogP) is 3.32. The van der Waals surface area contributed by atoms with Gasteiger partial charge in [-0.25, -0.2) is 9.97 Å². The summed E-state index contributed by atoms with van der Waals surface area (Å²) in [5.74, 6) is 1.47. The van der Waals surface area contributed by atoms with E-state index in [9.17, 15) is 9.59 Å². The molecule has 2 amide bonds. The van der Waals surface area contributed by atoms with Gasteiger partial charge in [0.15, 0.2) is 0 Å². The average molecular weight is 408 g/mol. The molecule has 0 spiro atoms. The number of amides is 2. The summed E-state index contributed by atoms with van der Waals surface area (Å²) in [5, 5.41) is 2.89. The van der Waals surface area contributed by atoms with E-state index in [1.54, 1.807) is 4.90 Å². The zero-order valence-electron chi connectivity index (χ0n) is 17.9. The molecule has 2 fully saturated rings.